The van der Waals surface area contributed by atoms with Gasteiger partial charge in [-0.25, -0.2) is 0 Å². The van der Waals surface area contributed by atoms with Crippen LogP contribution in [0.25, 0.3) is 0 Å². The summed E-state index contributed by atoms with van der Waals surface area (Å²) < 4.78 is 7.58. The summed E-state index contributed by atoms with van der Waals surface area (Å²) in [6, 6.07) is 4.09. The summed E-state index contributed by atoms with van der Waals surface area (Å²) in [7, 11) is 0. The maximum Gasteiger partial charge on any atom is 0.125 e. The molecule has 2 rings (SSSR count). The van der Waals surface area contributed by atoms with Gasteiger partial charge in [0.05, 0.1) is 12.6 Å². The van der Waals surface area contributed by atoms with Crippen LogP contribution >= 0.6 is 0 Å². The fraction of sp³-hybridized carbons (Fsp3) is 0.643. The highest BCUT2D eigenvalue weighted by molar-refractivity contribution is 5.19. The van der Waals surface area contributed by atoms with Gasteiger partial charge in [0.2, 0.25) is 0 Å². The first-order valence-corrected chi connectivity index (χ1v) is 6.34. The van der Waals surface area contributed by atoms with Crippen LogP contribution in [-0.2, 0) is 16.7 Å². The van der Waals surface area contributed by atoms with Crippen molar-refractivity contribution in [3.63, 3.8) is 0 Å². The molecule has 94 valence electrons. The molecular weight excluding hydrogens is 212 g/mol. The number of ether oxygens (including phenoxy) is 1. The highest BCUT2D eigenvalue weighted by Gasteiger charge is 2.17. The Kier molecular flexibility index (Phi) is 3.38. The largest absolute Gasteiger partial charge is 0.376 e. The molecule has 1 aromatic heterocycles. The average Bonchev–Trinajstić information content (AvgIpc) is 2.72. The SMILES string of the molecule is CC(C)(C)c1ccn(CC2CCCO2)c(=N)c1. The van der Waals surface area contributed by atoms with Gasteiger partial charge in [-0.05, 0) is 36.0 Å². The van der Waals surface area contributed by atoms with E-state index in [9.17, 15) is 0 Å². The average molecular weight is 234 g/mol. The van der Waals surface area contributed by atoms with E-state index in [1.54, 1.807) is 0 Å². The number of hydrogen-bond donors (Lipinski definition) is 1. The van der Waals surface area contributed by atoms with Gasteiger partial charge in [-0.15, -0.1) is 0 Å². The predicted octanol–water partition coefficient (Wildman–Crippen LogP) is 2.44. The van der Waals surface area contributed by atoms with E-state index in [0.717, 1.165) is 26.0 Å². The fourth-order valence-electron chi connectivity index (χ4n) is 2.16. The van der Waals surface area contributed by atoms with Crippen LogP contribution in [0.15, 0.2) is 18.3 Å². The van der Waals surface area contributed by atoms with Gasteiger partial charge in [0.25, 0.3) is 0 Å². The van der Waals surface area contributed by atoms with Crippen molar-refractivity contribution in [1.29, 1.82) is 5.41 Å². The maximum atomic E-state index is 8.06. The summed E-state index contributed by atoms with van der Waals surface area (Å²) in [5, 5.41) is 8.06. The van der Waals surface area contributed by atoms with Gasteiger partial charge in [-0.1, -0.05) is 20.8 Å². The van der Waals surface area contributed by atoms with Crippen LogP contribution in [0.4, 0.5) is 0 Å². The number of hydrogen-bond acceptors (Lipinski definition) is 2. The van der Waals surface area contributed by atoms with E-state index >= 15 is 0 Å². The predicted molar refractivity (Wildman–Crippen MR) is 68.0 cm³/mol. The molecule has 17 heavy (non-hydrogen) atoms. The van der Waals surface area contributed by atoms with E-state index in [4.69, 9.17) is 10.1 Å². The van der Waals surface area contributed by atoms with E-state index in [0.29, 0.717) is 11.6 Å². The van der Waals surface area contributed by atoms with Crippen molar-refractivity contribution in [3.8, 4) is 0 Å². The Labute approximate surface area is 103 Å². The van der Waals surface area contributed by atoms with Crippen molar-refractivity contribution < 1.29 is 4.74 Å². The van der Waals surface area contributed by atoms with Gasteiger partial charge in [-0.3, -0.25) is 5.41 Å². The summed E-state index contributed by atoms with van der Waals surface area (Å²) in [6.45, 7) is 8.20. The molecule has 1 aromatic rings. The Morgan fingerprint density at radius 2 is 2.24 bits per heavy atom. The van der Waals surface area contributed by atoms with Crippen LogP contribution in [0.3, 0.4) is 0 Å². The molecule has 0 aromatic carbocycles. The molecular formula is C14H22N2O. The fourth-order valence-corrected chi connectivity index (χ4v) is 2.16. The van der Waals surface area contributed by atoms with Crippen molar-refractivity contribution in [1.82, 2.24) is 4.57 Å². The number of nitrogens with one attached hydrogen (secondary N) is 1. The summed E-state index contributed by atoms with van der Waals surface area (Å²) in [5.41, 5.74) is 1.90. The minimum absolute atomic E-state index is 0.110. The number of aromatic nitrogens is 1. The number of nitrogens with zero attached hydrogens (tertiary/aromatic N) is 1. The van der Waals surface area contributed by atoms with Gasteiger partial charge in [0, 0.05) is 12.8 Å². The van der Waals surface area contributed by atoms with Gasteiger partial charge >= 0.3 is 0 Å². The molecule has 0 spiro atoms. The van der Waals surface area contributed by atoms with Crippen LogP contribution in [0.1, 0.15) is 39.2 Å². The molecule has 0 amide bonds. The van der Waals surface area contributed by atoms with Gasteiger partial charge in [0.15, 0.2) is 0 Å². The van der Waals surface area contributed by atoms with Gasteiger partial charge < -0.3 is 9.30 Å². The molecule has 1 aliphatic rings. The van der Waals surface area contributed by atoms with E-state index in [1.807, 2.05) is 16.8 Å². The van der Waals surface area contributed by atoms with E-state index < -0.39 is 0 Å². The maximum absolute atomic E-state index is 8.06. The van der Waals surface area contributed by atoms with Gasteiger partial charge in [0.1, 0.15) is 5.49 Å². The monoisotopic (exact) mass is 234 g/mol. The van der Waals surface area contributed by atoms with Crippen LogP contribution in [0.5, 0.6) is 0 Å². The molecule has 1 aliphatic heterocycles. The molecule has 1 fully saturated rings. The van der Waals surface area contributed by atoms with Crippen LogP contribution in [0, 0.1) is 5.41 Å². The third kappa shape index (κ3) is 2.97. The first-order chi connectivity index (χ1) is 7.97. The minimum Gasteiger partial charge on any atom is -0.376 e. The highest BCUT2D eigenvalue weighted by Crippen LogP contribution is 2.20. The Balaban J connectivity index is 2.17. The van der Waals surface area contributed by atoms with Crippen molar-refractivity contribution >= 4 is 0 Å². The zero-order valence-electron chi connectivity index (χ0n) is 11.0. The standard InChI is InChI=1S/C14H22N2O/c1-14(2,3)11-6-7-16(13(15)9-11)10-12-5-4-8-17-12/h6-7,9,12,15H,4-5,8,10H2,1-3H3. The smallest absolute Gasteiger partial charge is 0.125 e. The molecule has 0 aliphatic carbocycles. The molecule has 0 radical (unpaired) electrons. The van der Waals surface area contributed by atoms with Crippen molar-refractivity contribution in [2.75, 3.05) is 6.61 Å². The van der Waals surface area contributed by atoms with Crippen LogP contribution in [0.2, 0.25) is 0 Å². The minimum atomic E-state index is 0.110. The van der Waals surface area contributed by atoms with E-state index in [2.05, 4.69) is 26.8 Å². The van der Waals surface area contributed by atoms with Crippen molar-refractivity contribution in [3.05, 3.63) is 29.4 Å². The molecule has 0 saturated carbocycles. The topological polar surface area (TPSA) is 38.0 Å². The third-order valence-corrected chi connectivity index (χ3v) is 3.33. The Morgan fingerprint density at radius 1 is 1.47 bits per heavy atom. The van der Waals surface area contributed by atoms with Crippen molar-refractivity contribution in [2.45, 2.75) is 51.7 Å². The lowest BCUT2D eigenvalue weighted by Crippen LogP contribution is -2.27. The molecule has 1 atom stereocenters. The first-order valence-electron chi connectivity index (χ1n) is 6.34. The second-order valence-corrected chi connectivity index (χ2v) is 5.84. The Morgan fingerprint density at radius 3 is 2.76 bits per heavy atom. The van der Waals surface area contributed by atoms with E-state index in [-0.39, 0.29) is 5.41 Å². The van der Waals surface area contributed by atoms with Crippen LogP contribution in [-0.4, -0.2) is 17.3 Å². The lowest BCUT2D eigenvalue weighted by atomic mass is 9.88. The van der Waals surface area contributed by atoms with Crippen LogP contribution < -0.4 is 5.49 Å². The Hall–Kier alpha value is -1.09. The van der Waals surface area contributed by atoms with E-state index in [1.165, 1.54) is 5.56 Å². The summed E-state index contributed by atoms with van der Waals surface area (Å²) in [5.74, 6) is 0. The Bertz CT molecular complexity index is 436. The molecule has 1 saturated heterocycles. The summed E-state index contributed by atoms with van der Waals surface area (Å²) in [6.07, 6.45) is 4.58. The number of rotatable bonds is 2. The molecule has 1 unspecified atom stereocenters. The quantitative estimate of drug-likeness (QED) is 0.838. The summed E-state index contributed by atoms with van der Waals surface area (Å²) >= 11 is 0. The zero-order chi connectivity index (χ0) is 12.5. The second-order valence-electron chi connectivity index (χ2n) is 5.84. The lowest BCUT2D eigenvalue weighted by molar-refractivity contribution is 0.0958. The number of pyridine rings is 1. The van der Waals surface area contributed by atoms with Crippen molar-refractivity contribution in [2.24, 2.45) is 0 Å². The van der Waals surface area contributed by atoms with Gasteiger partial charge in [-0.2, -0.15) is 0 Å². The molecule has 3 nitrogen and oxygen atoms in total. The zero-order valence-corrected chi connectivity index (χ0v) is 11.0. The second kappa shape index (κ2) is 4.65. The lowest BCUT2D eigenvalue weighted by Gasteiger charge is -2.20. The summed E-state index contributed by atoms with van der Waals surface area (Å²) in [4.78, 5) is 0. The third-order valence-electron chi connectivity index (χ3n) is 3.33. The first kappa shape index (κ1) is 12.4. The highest BCUT2D eigenvalue weighted by atomic mass is 16.5. The molecule has 1 N–H and O–H groups in total. The molecule has 3 heteroatoms. The molecule has 2 heterocycles. The normalized spacial score (nSPS) is 20.8. The molecule has 0 bridgehead atoms.